The summed E-state index contributed by atoms with van der Waals surface area (Å²) in [6, 6.07) is 5.66. The van der Waals surface area contributed by atoms with Crippen molar-refractivity contribution < 1.29 is 9.90 Å². The molecule has 3 unspecified atom stereocenters. The molecule has 0 aromatic heterocycles. The van der Waals surface area contributed by atoms with Crippen molar-refractivity contribution >= 4 is 17.3 Å². The molecular weight excluding hydrogens is 228 g/mol. The summed E-state index contributed by atoms with van der Waals surface area (Å²) in [5.41, 5.74) is 7.20. The Kier molecular flexibility index (Phi) is 2.65. The number of carbonyl (C=O) groups is 1. The Labute approximate surface area is 106 Å². The van der Waals surface area contributed by atoms with Crippen LogP contribution < -0.4 is 11.1 Å². The van der Waals surface area contributed by atoms with Gasteiger partial charge in [0.25, 0.3) is 0 Å². The highest BCUT2D eigenvalue weighted by molar-refractivity contribution is 5.94. The fourth-order valence-electron chi connectivity index (χ4n) is 3.48. The molecule has 2 aliphatic rings. The van der Waals surface area contributed by atoms with E-state index in [9.17, 15) is 4.79 Å². The molecule has 1 aromatic carbocycles. The lowest BCUT2D eigenvalue weighted by Crippen LogP contribution is -2.25. The maximum absolute atomic E-state index is 10.9. The van der Waals surface area contributed by atoms with Crippen LogP contribution in [0.2, 0.25) is 0 Å². The van der Waals surface area contributed by atoms with Gasteiger partial charge in [-0.05, 0) is 49.3 Å². The number of fused-ring (bicyclic) bond motifs is 2. The van der Waals surface area contributed by atoms with E-state index in [2.05, 4.69) is 5.32 Å². The Hall–Kier alpha value is -1.71. The molecule has 3 atom stereocenters. The van der Waals surface area contributed by atoms with Crippen LogP contribution in [0.3, 0.4) is 0 Å². The van der Waals surface area contributed by atoms with Crippen molar-refractivity contribution in [3.8, 4) is 0 Å². The fraction of sp³-hybridized carbons (Fsp3) is 0.500. The van der Waals surface area contributed by atoms with Crippen molar-refractivity contribution in [1.82, 2.24) is 0 Å². The molecule has 4 heteroatoms. The topological polar surface area (TPSA) is 75.3 Å². The first kappa shape index (κ1) is 11.4. The van der Waals surface area contributed by atoms with Crippen LogP contribution in [0.5, 0.6) is 0 Å². The summed E-state index contributed by atoms with van der Waals surface area (Å²) in [6.07, 6.45) is 5.29. The zero-order chi connectivity index (χ0) is 12.7. The van der Waals surface area contributed by atoms with Gasteiger partial charge in [-0.2, -0.15) is 0 Å². The highest BCUT2D eigenvalue weighted by Gasteiger charge is 2.39. The number of carboxylic acids is 1. The fourth-order valence-corrected chi connectivity index (χ4v) is 3.48. The number of rotatable bonds is 3. The van der Waals surface area contributed by atoms with Crippen molar-refractivity contribution in [2.45, 2.75) is 31.7 Å². The van der Waals surface area contributed by atoms with Crippen LogP contribution >= 0.6 is 0 Å². The molecule has 2 aliphatic carbocycles. The van der Waals surface area contributed by atoms with Crippen LogP contribution in [0.15, 0.2) is 18.2 Å². The quantitative estimate of drug-likeness (QED) is 0.716. The summed E-state index contributed by atoms with van der Waals surface area (Å²) in [5, 5.41) is 12.4. The first-order valence-corrected chi connectivity index (χ1v) is 6.53. The van der Waals surface area contributed by atoms with E-state index in [4.69, 9.17) is 10.8 Å². The third kappa shape index (κ3) is 1.92. The number of hydrogen-bond donors (Lipinski definition) is 3. The maximum Gasteiger partial charge on any atom is 0.337 e. The zero-order valence-corrected chi connectivity index (χ0v) is 10.2. The highest BCUT2D eigenvalue weighted by Crippen LogP contribution is 2.45. The first-order valence-electron chi connectivity index (χ1n) is 6.53. The van der Waals surface area contributed by atoms with Crippen LogP contribution in [0.4, 0.5) is 11.4 Å². The van der Waals surface area contributed by atoms with E-state index < -0.39 is 5.97 Å². The minimum atomic E-state index is -0.973. The third-order valence-electron chi connectivity index (χ3n) is 4.37. The SMILES string of the molecule is Nc1cc(NC2CC3CCC2C3)ccc1C(=O)O. The van der Waals surface area contributed by atoms with Gasteiger partial charge in [0, 0.05) is 17.4 Å². The average molecular weight is 246 g/mol. The molecular formula is C14H18N2O2. The molecule has 2 fully saturated rings. The van der Waals surface area contributed by atoms with Crippen LogP contribution in [-0.4, -0.2) is 17.1 Å². The smallest absolute Gasteiger partial charge is 0.337 e. The Bertz CT molecular complexity index is 487. The number of nitrogens with one attached hydrogen (secondary N) is 1. The summed E-state index contributed by atoms with van der Waals surface area (Å²) in [7, 11) is 0. The van der Waals surface area contributed by atoms with Gasteiger partial charge in [0.05, 0.1) is 5.56 Å². The summed E-state index contributed by atoms with van der Waals surface area (Å²) < 4.78 is 0. The second-order valence-corrected chi connectivity index (χ2v) is 5.53. The summed E-state index contributed by atoms with van der Waals surface area (Å²) in [6.45, 7) is 0. The Balaban J connectivity index is 1.74. The summed E-state index contributed by atoms with van der Waals surface area (Å²) in [4.78, 5) is 10.9. The van der Waals surface area contributed by atoms with E-state index >= 15 is 0 Å². The average Bonchev–Trinajstić information content (AvgIpc) is 2.90. The van der Waals surface area contributed by atoms with Gasteiger partial charge in [-0.1, -0.05) is 6.42 Å². The largest absolute Gasteiger partial charge is 0.478 e. The van der Waals surface area contributed by atoms with Crippen LogP contribution in [0.25, 0.3) is 0 Å². The lowest BCUT2D eigenvalue weighted by atomic mass is 9.95. The van der Waals surface area contributed by atoms with Crippen LogP contribution in [0.1, 0.15) is 36.0 Å². The van der Waals surface area contributed by atoms with E-state index in [0.29, 0.717) is 11.7 Å². The van der Waals surface area contributed by atoms with Gasteiger partial charge in [-0.25, -0.2) is 4.79 Å². The van der Waals surface area contributed by atoms with E-state index in [1.54, 1.807) is 12.1 Å². The lowest BCUT2D eigenvalue weighted by molar-refractivity contribution is 0.0698. The Morgan fingerprint density at radius 2 is 2.17 bits per heavy atom. The number of anilines is 2. The molecule has 0 radical (unpaired) electrons. The van der Waals surface area contributed by atoms with Crippen molar-refractivity contribution in [3.63, 3.8) is 0 Å². The molecule has 0 saturated heterocycles. The van der Waals surface area contributed by atoms with Gasteiger partial charge >= 0.3 is 5.97 Å². The second kappa shape index (κ2) is 4.19. The molecule has 0 heterocycles. The molecule has 4 N–H and O–H groups in total. The van der Waals surface area contributed by atoms with E-state index in [1.807, 2.05) is 6.07 Å². The van der Waals surface area contributed by atoms with Gasteiger partial charge in [0.15, 0.2) is 0 Å². The number of benzene rings is 1. The maximum atomic E-state index is 10.9. The van der Waals surface area contributed by atoms with Crippen molar-refractivity contribution in [2.24, 2.45) is 11.8 Å². The van der Waals surface area contributed by atoms with E-state index in [1.165, 1.54) is 25.7 Å². The van der Waals surface area contributed by atoms with Gasteiger partial charge in [-0.15, -0.1) is 0 Å². The number of aromatic carboxylic acids is 1. The molecule has 0 spiro atoms. The van der Waals surface area contributed by atoms with E-state index in [0.717, 1.165) is 17.5 Å². The predicted molar refractivity (Wildman–Crippen MR) is 70.7 cm³/mol. The monoisotopic (exact) mass is 246 g/mol. The van der Waals surface area contributed by atoms with Gasteiger partial charge in [-0.3, -0.25) is 0 Å². The molecule has 1 aromatic rings. The minimum Gasteiger partial charge on any atom is -0.478 e. The number of nitrogens with two attached hydrogens (primary N) is 1. The first-order chi connectivity index (χ1) is 8.63. The number of nitrogen functional groups attached to an aromatic ring is 1. The Morgan fingerprint density at radius 3 is 2.72 bits per heavy atom. The normalized spacial score (nSPS) is 29.4. The van der Waals surface area contributed by atoms with Crippen molar-refractivity contribution in [3.05, 3.63) is 23.8 Å². The summed E-state index contributed by atoms with van der Waals surface area (Å²) >= 11 is 0. The molecule has 96 valence electrons. The third-order valence-corrected chi connectivity index (χ3v) is 4.37. The summed E-state index contributed by atoms with van der Waals surface area (Å²) in [5.74, 6) is 0.706. The predicted octanol–water partition coefficient (Wildman–Crippen LogP) is 2.57. The highest BCUT2D eigenvalue weighted by atomic mass is 16.4. The standard InChI is InChI=1S/C14H18N2O2/c15-12-7-10(3-4-11(12)14(17)18)16-13-6-8-1-2-9(13)5-8/h3-4,7-9,13,16H,1-2,5-6,15H2,(H,17,18). The van der Waals surface area contributed by atoms with Gasteiger partial charge < -0.3 is 16.2 Å². The van der Waals surface area contributed by atoms with Crippen molar-refractivity contribution in [2.75, 3.05) is 11.1 Å². The molecule has 18 heavy (non-hydrogen) atoms. The molecule has 2 saturated carbocycles. The molecule has 0 aliphatic heterocycles. The molecule has 0 amide bonds. The van der Waals surface area contributed by atoms with Gasteiger partial charge in [0.1, 0.15) is 0 Å². The van der Waals surface area contributed by atoms with Gasteiger partial charge in [0.2, 0.25) is 0 Å². The molecule has 3 rings (SSSR count). The Morgan fingerprint density at radius 1 is 1.33 bits per heavy atom. The lowest BCUT2D eigenvalue weighted by Gasteiger charge is -2.24. The molecule has 2 bridgehead atoms. The minimum absolute atomic E-state index is 0.175. The van der Waals surface area contributed by atoms with E-state index in [-0.39, 0.29) is 5.56 Å². The van der Waals surface area contributed by atoms with Crippen molar-refractivity contribution in [1.29, 1.82) is 0 Å². The second-order valence-electron chi connectivity index (χ2n) is 5.53. The van der Waals surface area contributed by atoms with Crippen LogP contribution in [-0.2, 0) is 0 Å². The zero-order valence-electron chi connectivity index (χ0n) is 10.2. The number of carboxylic acid groups (broad SMARTS) is 1. The van der Waals surface area contributed by atoms with Crippen LogP contribution in [0, 0.1) is 11.8 Å². The molecule has 4 nitrogen and oxygen atoms in total. The number of hydrogen-bond acceptors (Lipinski definition) is 3.